The monoisotopic (exact) mass is 388 g/mol. The minimum atomic E-state index is -3.69. The van der Waals surface area contributed by atoms with Gasteiger partial charge in [0, 0.05) is 6.54 Å². The van der Waals surface area contributed by atoms with Crippen LogP contribution in [0.5, 0.6) is 0 Å². The molecule has 0 radical (unpaired) electrons. The maximum Gasteiger partial charge on any atom is 0.339 e. The average molecular weight is 389 g/mol. The van der Waals surface area contributed by atoms with E-state index in [-0.39, 0.29) is 15.5 Å². The molecule has 2 rings (SSSR count). The number of nitrogens with zero attached hydrogens (tertiary/aromatic N) is 1. The van der Waals surface area contributed by atoms with Crippen LogP contribution in [0.15, 0.2) is 23.1 Å². The van der Waals surface area contributed by atoms with Crippen LogP contribution in [0.3, 0.4) is 0 Å². The molecule has 140 valence electrons. The van der Waals surface area contributed by atoms with Crippen molar-refractivity contribution in [3.05, 3.63) is 28.8 Å². The Morgan fingerprint density at radius 1 is 1.36 bits per heavy atom. The standard InChI is InChI=1S/C17H25ClN2O4S/c1-13-6-10-20(11-7-13)9-3-8-19-25(22,23)14-4-5-16(18)15(12-14)17(21)24-2/h4-5,12-13,19H,3,6-11H2,1-2H3. The molecule has 0 spiro atoms. The lowest BCUT2D eigenvalue weighted by Crippen LogP contribution is -2.35. The Labute approximate surface area is 154 Å². The van der Waals surface area contributed by atoms with E-state index >= 15 is 0 Å². The molecule has 0 bridgehead atoms. The largest absolute Gasteiger partial charge is 0.465 e. The Hall–Kier alpha value is -1.15. The number of carbonyl (C=O) groups is 1. The number of esters is 1. The van der Waals surface area contributed by atoms with Gasteiger partial charge in [0.15, 0.2) is 0 Å². The van der Waals surface area contributed by atoms with Gasteiger partial charge in [0.1, 0.15) is 0 Å². The molecule has 0 atom stereocenters. The van der Waals surface area contributed by atoms with E-state index in [2.05, 4.69) is 21.3 Å². The van der Waals surface area contributed by atoms with E-state index in [4.69, 9.17) is 11.6 Å². The second kappa shape index (κ2) is 8.98. The van der Waals surface area contributed by atoms with Gasteiger partial charge in [0.25, 0.3) is 0 Å². The molecule has 1 aromatic rings. The van der Waals surface area contributed by atoms with Crippen LogP contribution in [0.2, 0.25) is 5.02 Å². The number of piperidine rings is 1. The number of sulfonamides is 1. The molecule has 0 aliphatic carbocycles. The summed E-state index contributed by atoms with van der Waals surface area (Å²) in [5.74, 6) is 0.116. The van der Waals surface area contributed by atoms with Gasteiger partial charge in [0.2, 0.25) is 10.0 Å². The zero-order valence-electron chi connectivity index (χ0n) is 14.6. The summed E-state index contributed by atoms with van der Waals surface area (Å²) in [5.41, 5.74) is 0.0366. The third-order valence-electron chi connectivity index (χ3n) is 4.47. The average Bonchev–Trinajstić information content (AvgIpc) is 2.60. The first kappa shape index (κ1) is 20.2. The van der Waals surface area contributed by atoms with Crippen molar-refractivity contribution in [3.63, 3.8) is 0 Å². The lowest BCUT2D eigenvalue weighted by atomic mass is 9.99. The number of halogens is 1. The van der Waals surface area contributed by atoms with Crippen molar-refractivity contribution in [2.75, 3.05) is 33.3 Å². The molecule has 25 heavy (non-hydrogen) atoms. The number of carbonyl (C=O) groups excluding carboxylic acids is 1. The topological polar surface area (TPSA) is 75.7 Å². The molecule has 0 saturated carbocycles. The highest BCUT2D eigenvalue weighted by Gasteiger charge is 2.19. The maximum atomic E-state index is 12.4. The fraction of sp³-hybridized carbons (Fsp3) is 0.588. The highest BCUT2D eigenvalue weighted by Crippen LogP contribution is 2.21. The third kappa shape index (κ3) is 5.67. The third-order valence-corrected chi connectivity index (χ3v) is 6.26. The van der Waals surface area contributed by atoms with Crippen LogP contribution < -0.4 is 4.72 Å². The zero-order valence-corrected chi connectivity index (χ0v) is 16.2. The van der Waals surface area contributed by atoms with Crippen LogP contribution in [0.4, 0.5) is 0 Å². The second-order valence-electron chi connectivity index (χ2n) is 6.41. The highest BCUT2D eigenvalue weighted by atomic mass is 35.5. The van der Waals surface area contributed by atoms with Crippen molar-refractivity contribution in [1.82, 2.24) is 9.62 Å². The van der Waals surface area contributed by atoms with Crippen molar-refractivity contribution < 1.29 is 17.9 Å². The lowest BCUT2D eigenvalue weighted by Gasteiger charge is -2.30. The van der Waals surface area contributed by atoms with E-state index in [0.29, 0.717) is 6.54 Å². The number of methoxy groups -OCH3 is 1. The maximum absolute atomic E-state index is 12.4. The Bertz CT molecular complexity index is 701. The van der Waals surface area contributed by atoms with Gasteiger partial charge in [-0.25, -0.2) is 17.9 Å². The van der Waals surface area contributed by atoms with Crippen molar-refractivity contribution in [1.29, 1.82) is 0 Å². The van der Waals surface area contributed by atoms with Crippen LogP contribution in [0.1, 0.15) is 36.5 Å². The molecule has 1 aromatic carbocycles. The number of benzene rings is 1. The number of rotatable bonds is 7. The summed E-state index contributed by atoms with van der Waals surface area (Å²) in [6.07, 6.45) is 3.14. The van der Waals surface area contributed by atoms with Gasteiger partial charge in [-0.05, 0) is 63.0 Å². The minimum Gasteiger partial charge on any atom is -0.465 e. The summed E-state index contributed by atoms with van der Waals surface area (Å²) >= 11 is 5.92. The lowest BCUT2D eigenvalue weighted by molar-refractivity contribution is 0.0600. The molecule has 1 fully saturated rings. The molecule has 6 nitrogen and oxygen atoms in total. The Kier molecular flexibility index (Phi) is 7.25. The van der Waals surface area contributed by atoms with E-state index in [1.54, 1.807) is 0 Å². The molecule has 1 heterocycles. The summed E-state index contributed by atoms with van der Waals surface area (Å²) in [6.45, 7) is 5.65. The Morgan fingerprint density at radius 2 is 2.04 bits per heavy atom. The van der Waals surface area contributed by atoms with E-state index in [1.807, 2.05) is 0 Å². The molecule has 8 heteroatoms. The van der Waals surface area contributed by atoms with E-state index in [9.17, 15) is 13.2 Å². The molecule has 1 aliphatic heterocycles. The van der Waals surface area contributed by atoms with Gasteiger partial charge in [-0.15, -0.1) is 0 Å². The Morgan fingerprint density at radius 3 is 2.68 bits per heavy atom. The highest BCUT2D eigenvalue weighted by molar-refractivity contribution is 7.89. The molecule has 1 aliphatic rings. The molecule has 0 aromatic heterocycles. The van der Waals surface area contributed by atoms with Gasteiger partial charge in [-0.2, -0.15) is 0 Å². The summed E-state index contributed by atoms with van der Waals surface area (Å²) in [4.78, 5) is 14.0. The van der Waals surface area contributed by atoms with Gasteiger partial charge in [0.05, 0.1) is 22.6 Å². The van der Waals surface area contributed by atoms with Crippen LogP contribution in [0, 0.1) is 5.92 Å². The Balaban J connectivity index is 1.90. The SMILES string of the molecule is COC(=O)c1cc(S(=O)(=O)NCCCN2CCC(C)CC2)ccc1Cl. The first-order valence-electron chi connectivity index (χ1n) is 8.43. The number of ether oxygens (including phenoxy) is 1. The van der Waals surface area contributed by atoms with Crippen molar-refractivity contribution in [3.8, 4) is 0 Å². The van der Waals surface area contributed by atoms with Gasteiger partial charge < -0.3 is 9.64 Å². The summed E-state index contributed by atoms with van der Waals surface area (Å²) in [5, 5.41) is 0.158. The minimum absolute atomic E-state index is 0.00379. The predicted molar refractivity (Wildman–Crippen MR) is 97.4 cm³/mol. The van der Waals surface area contributed by atoms with Crippen LogP contribution in [-0.2, 0) is 14.8 Å². The zero-order chi connectivity index (χ0) is 18.4. The molecule has 1 N–H and O–H groups in total. The molecular weight excluding hydrogens is 364 g/mol. The quantitative estimate of drug-likeness (QED) is 0.573. The molecule has 0 amide bonds. The summed E-state index contributed by atoms with van der Waals surface area (Å²) in [6, 6.07) is 4.00. The fourth-order valence-corrected chi connectivity index (χ4v) is 4.11. The fourth-order valence-electron chi connectivity index (χ4n) is 2.82. The van der Waals surface area contributed by atoms with Crippen LogP contribution >= 0.6 is 11.6 Å². The number of hydrogen-bond acceptors (Lipinski definition) is 5. The number of hydrogen-bond donors (Lipinski definition) is 1. The van der Waals surface area contributed by atoms with E-state index < -0.39 is 16.0 Å². The van der Waals surface area contributed by atoms with Gasteiger partial charge in [-0.1, -0.05) is 18.5 Å². The second-order valence-corrected chi connectivity index (χ2v) is 8.58. The smallest absolute Gasteiger partial charge is 0.339 e. The summed E-state index contributed by atoms with van der Waals surface area (Å²) < 4.78 is 32.0. The van der Waals surface area contributed by atoms with Gasteiger partial charge in [-0.3, -0.25) is 0 Å². The van der Waals surface area contributed by atoms with Crippen LogP contribution in [0.25, 0.3) is 0 Å². The predicted octanol–water partition coefficient (Wildman–Crippen LogP) is 2.53. The van der Waals surface area contributed by atoms with Gasteiger partial charge >= 0.3 is 5.97 Å². The summed E-state index contributed by atoms with van der Waals surface area (Å²) in [7, 11) is -2.47. The van der Waals surface area contributed by atoms with Crippen molar-refractivity contribution in [2.24, 2.45) is 5.92 Å². The first-order valence-corrected chi connectivity index (χ1v) is 10.3. The van der Waals surface area contributed by atoms with Crippen molar-refractivity contribution >= 4 is 27.6 Å². The molecule has 1 saturated heterocycles. The number of nitrogens with one attached hydrogen (secondary N) is 1. The van der Waals surface area contributed by atoms with E-state index in [0.717, 1.165) is 32.0 Å². The van der Waals surface area contributed by atoms with Crippen LogP contribution in [-0.4, -0.2) is 52.6 Å². The molecular formula is C17H25ClN2O4S. The normalized spacial score (nSPS) is 16.8. The van der Waals surface area contributed by atoms with E-state index in [1.165, 1.54) is 38.2 Å². The molecule has 0 unspecified atom stereocenters. The van der Waals surface area contributed by atoms with Crippen molar-refractivity contribution in [2.45, 2.75) is 31.1 Å². The first-order chi connectivity index (χ1) is 11.8. The number of likely N-dealkylation sites (tertiary alicyclic amines) is 1.